The first-order valence-electron chi connectivity index (χ1n) is 9.04. The van der Waals surface area contributed by atoms with Gasteiger partial charge in [0.25, 0.3) is 5.91 Å². The number of piperidine rings is 1. The van der Waals surface area contributed by atoms with E-state index in [9.17, 15) is 4.79 Å². The highest BCUT2D eigenvalue weighted by molar-refractivity contribution is 8.04. The Hall–Kier alpha value is -2.06. The van der Waals surface area contributed by atoms with Crippen molar-refractivity contribution in [3.05, 3.63) is 29.2 Å². The van der Waals surface area contributed by atoms with Crippen LogP contribution in [0.1, 0.15) is 18.4 Å². The van der Waals surface area contributed by atoms with Crippen molar-refractivity contribution >= 4 is 34.5 Å². The lowest BCUT2D eigenvalue weighted by Gasteiger charge is -2.34. The molecule has 1 fully saturated rings. The van der Waals surface area contributed by atoms with E-state index in [1.165, 1.54) is 0 Å². The van der Waals surface area contributed by atoms with Gasteiger partial charge in [-0.25, -0.2) is 9.97 Å². The number of likely N-dealkylation sites (tertiary alicyclic amines) is 1. The Labute approximate surface area is 157 Å². The summed E-state index contributed by atoms with van der Waals surface area (Å²) >= 11 is 1.64. The third-order valence-electron chi connectivity index (χ3n) is 5.11. The molecule has 2 aliphatic heterocycles. The number of aromatic amines is 1. The van der Waals surface area contributed by atoms with Crippen molar-refractivity contribution in [3.8, 4) is 0 Å². The first-order chi connectivity index (χ1) is 12.7. The van der Waals surface area contributed by atoms with E-state index in [4.69, 9.17) is 0 Å². The fourth-order valence-corrected chi connectivity index (χ4v) is 4.61. The number of rotatable bonds is 3. The smallest absolute Gasteiger partial charge is 0.261 e. The summed E-state index contributed by atoms with van der Waals surface area (Å²) in [6.45, 7) is 4.49. The molecule has 1 saturated heterocycles. The largest absolute Gasteiger partial charge is 0.346 e. The number of hydrogen-bond donors (Lipinski definition) is 2. The molecule has 1 atom stereocenters. The summed E-state index contributed by atoms with van der Waals surface area (Å²) in [7, 11) is 1.97. The Morgan fingerprint density at radius 1 is 1.38 bits per heavy atom. The molecule has 1 amide bonds. The van der Waals surface area contributed by atoms with Crippen molar-refractivity contribution in [1.29, 1.82) is 0 Å². The molecule has 4 rings (SSSR count). The summed E-state index contributed by atoms with van der Waals surface area (Å²) in [5.41, 5.74) is 1.95. The second-order valence-corrected chi connectivity index (χ2v) is 7.94. The average molecular weight is 372 g/mol. The van der Waals surface area contributed by atoms with Gasteiger partial charge in [0.1, 0.15) is 17.8 Å². The van der Waals surface area contributed by atoms with Gasteiger partial charge in [0.15, 0.2) is 0 Å². The lowest BCUT2D eigenvalue weighted by atomic mass is 10.1. The lowest BCUT2D eigenvalue weighted by Crippen LogP contribution is -2.47. The minimum Gasteiger partial charge on any atom is -0.346 e. The summed E-state index contributed by atoms with van der Waals surface area (Å²) in [5, 5.41) is 4.32. The molecule has 138 valence electrons. The van der Waals surface area contributed by atoms with Gasteiger partial charge in [-0.15, -0.1) is 11.8 Å². The van der Waals surface area contributed by atoms with Gasteiger partial charge in [-0.05, 0) is 32.4 Å². The Kier molecular flexibility index (Phi) is 4.86. The number of aryl methyl sites for hydroxylation is 1. The Bertz CT molecular complexity index is 847. The van der Waals surface area contributed by atoms with Crippen LogP contribution in [-0.2, 0) is 4.79 Å². The van der Waals surface area contributed by atoms with Crippen molar-refractivity contribution in [1.82, 2.24) is 25.2 Å². The van der Waals surface area contributed by atoms with E-state index in [-0.39, 0.29) is 5.91 Å². The molecule has 0 unspecified atom stereocenters. The van der Waals surface area contributed by atoms with Crippen molar-refractivity contribution in [2.75, 3.05) is 37.3 Å². The Balaban J connectivity index is 1.61. The quantitative estimate of drug-likeness (QED) is 0.857. The third kappa shape index (κ3) is 3.19. The molecule has 2 aromatic rings. The van der Waals surface area contributed by atoms with Crippen LogP contribution in [0.2, 0.25) is 0 Å². The van der Waals surface area contributed by atoms with Crippen LogP contribution in [0.15, 0.2) is 23.6 Å². The molecular formula is C18H24N6OS. The minimum atomic E-state index is 0.135. The van der Waals surface area contributed by atoms with Crippen LogP contribution in [0.25, 0.3) is 11.0 Å². The van der Waals surface area contributed by atoms with Gasteiger partial charge in [0.05, 0.1) is 10.3 Å². The topological polar surface area (TPSA) is 77.2 Å². The zero-order valence-electron chi connectivity index (χ0n) is 15.2. The molecule has 2 N–H and O–H groups in total. The first kappa shape index (κ1) is 17.4. The van der Waals surface area contributed by atoms with Crippen LogP contribution in [0.3, 0.4) is 0 Å². The molecule has 0 radical (unpaired) electrons. The van der Waals surface area contributed by atoms with Gasteiger partial charge in [0, 0.05) is 43.8 Å². The fourth-order valence-electron chi connectivity index (χ4n) is 3.65. The maximum atomic E-state index is 13.0. The molecule has 4 heterocycles. The molecule has 0 aliphatic carbocycles. The van der Waals surface area contributed by atoms with Gasteiger partial charge in [-0.3, -0.25) is 4.79 Å². The van der Waals surface area contributed by atoms with Crippen molar-refractivity contribution in [2.24, 2.45) is 0 Å². The number of nitrogens with one attached hydrogen (secondary N) is 2. The van der Waals surface area contributed by atoms with Crippen molar-refractivity contribution in [3.63, 3.8) is 0 Å². The number of anilines is 1. The molecule has 26 heavy (non-hydrogen) atoms. The maximum absolute atomic E-state index is 13.0. The summed E-state index contributed by atoms with van der Waals surface area (Å²) in [6, 6.07) is 0.391. The molecule has 8 heteroatoms. The van der Waals surface area contributed by atoms with E-state index in [1.807, 2.05) is 31.3 Å². The van der Waals surface area contributed by atoms with Crippen LogP contribution in [-0.4, -0.2) is 64.2 Å². The number of amides is 1. The predicted molar refractivity (Wildman–Crippen MR) is 105 cm³/mol. The number of likely N-dealkylation sites (N-methyl/N-ethyl adjacent to an activating group) is 1. The summed E-state index contributed by atoms with van der Waals surface area (Å²) in [5.74, 6) is 1.87. The molecule has 0 saturated carbocycles. The fraction of sp³-hybridized carbons (Fsp3) is 0.500. The van der Waals surface area contributed by atoms with Crippen molar-refractivity contribution < 1.29 is 4.79 Å². The molecule has 0 aromatic carbocycles. The number of H-pyrrole nitrogens is 1. The van der Waals surface area contributed by atoms with Crippen LogP contribution >= 0.6 is 11.8 Å². The van der Waals surface area contributed by atoms with Crippen molar-refractivity contribution in [2.45, 2.75) is 25.8 Å². The van der Waals surface area contributed by atoms with Gasteiger partial charge in [0.2, 0.25) is 0 Å². The normalized spacial score (nSPS) is 21.2. The number of carbonyl (C=O) groups excluding carboxylic acids is 1. The number of fused-ring (bicyclic) bond motifs is 1. The number of carbonyl (C=O) groups is 1. The molecule has 0 spiro atoms. The highest BCUT2D eigenvalue weighted by Crippen LogP contribution is 2.31. The summed E-state index contributed by atoms with van der Waals surface area (Å²) in [4.78, 5) is 29.9. The third-order valence-corrected chi connectivity index (χ3v) is 6.09. The Morgan fingerprint density at radius 3 is 3.12 bits per heavy atom. The molecule has 7 nitrogen and oxygen atoms in total. The standard InChI is InChI=1S/C18H24N6OS/c1-12-8-20-16-15(12)17(22-11-21-16)23-6-7-26-14(10-23)18(25)24-5-3-4-13(9-24)19-2/h8,10-11,13,19H,3-7,9H2,1-2H3,(H,20,21,22)/t13-/m1/s1. The molecule has 0 bridgehead atoms. The van der Waals surface area contributed by atoms with Gasteiger partial charge in [-0.1, -0.05) is 0 Å². The van der Waals surface area contributed by atoms with Crippen LogP contribution in [0.4, 0.5) is 5.82 Å². The number of thioether (sulfide) groups is 1. The highest BCUT2D eigenvalue weighted by atomic mass is 32.2. The van der Waals surface area contributed by atoms with Gasteiger partial charge in [-0.2, -0.15) is 0 Å². The average Bonchev–Trinajstić information content (AvgIpc) is 3.09. The van der Waals surface area contributed by atoms with E-state index in [2.05, 4.69) is 25.2 Å². The Morgan fingerprint density at radius 2 is 2.27 bits per heavy atom. The number of nitrogens with zero attached hydrogens (tertiary/aromatic N) is 4. The zero-order valence-corrected chi connectivity index (χ0v) is 16.0. The van der Waals surface area contributed by atoms with Crippen LogP contribution < -0.4 is 10.2 Å². The second kappa shape index (κ2) is 7.28. The molecular weight excluding hydrogens is 348 g/mol. The van der Waals surface area contributed by atoms with E-state index in [0.29, 0.717) is 6.04 Å². The van der Waals surface area contributed by atoms with Crippen LogP contribution in [0, 0.1) is 6.92 Å². The first-order valence-corrected chi connectivity index (χ1v) is 10.0. The second-order valence-electron chi connectivity index (χ2n) is 6.81. The number of hydrogen-bond acceptors (Lipinski definition) is 6. The van der Waals surface area contributed by atoms with E-state index in [1.54, 1.807) is 18.1 Å². The highest BCUT2D eigenvalue weighted by Gasteiger charge is 2.28. The zero-order chi connectivity index (χ0) is 18.1. The van der Waals surface area contributed by atoms with Gasteiger partial charge >= 0.3 is 0 Å². The van der Waals surface area contributed by atoms with E-state index in [0.717, 1.165) is 65.5 Å². The summed E-state index contributed by atoms with van der Waals surface area (Å²) < 4.78 is 0. The van der Waals surface area contributed by atoms with Crippen LogP contribution in [0.5, 0.6) is 0 Å². The van der Waals surface area contributed by atoms with E-state index >= 15 is 0 Å². The minimum absolute atomic E-state index is 0.135. The molecule has 2 aromatic heterocycles. The lowest BCUT2D eigenvalue weighted by molar-refractivity contribution is -0.127. The monoisotopic (exact) mass is 372 g/mol. The number of aromatic nitrogens is 3. The molecule has 2 aliphatic rings. The maximum Gasteiger partial charge on any atom is 0.261 e. The van der Waals surface area contributed by atoms with E-state index < -0.39 is 0 Å². The van der Waals surface area contributed by atoms with Gasteiger partial charge < -0.3 is 20.1 Å². The SMILES string of the molecule is CN[C@@H]1CCCN(C(=O)C2=CN(c3ncnc4[nH]cc(C)c34)CCS2)C1. The predicted octanol–water partition coefficient (Wildman–Crippen LogP) is 1.87. The summed E-state index contributed by atoms with van der Waals surface area (Å²) in [6.07, 6.45) is 7.67.